The lowest BCUT2D eigenvalue weighted by molar-refractivity contribution is -0.0220. The molecule has 0 amide bonds. The molecule has 90 valence electrons. The lowest BCUT2D eigenvalue weighted by atomic mass is 9.89. The zero-order valence-corrected chi connectivity index (χ0v) is 10.4. The maximum atomic E-state index is 11.0. The predicted octanol–water partition coefficient (Wildman–Crippen LogP) is 0.268. The monoisotopic (exact) mass is 235 g/mol. The molecular formula is C10H21NO3S. The number of hydrogen-bond acceptors (Lipinski definition) is 4. The third-order valence-electron chi connectivity index (χ3n) is 3.17. The zero-order chi connectivity index (χ0) is 11.5. The predicted molar refractivity (Wildman–Crippen MR) is 60.6 cm³/mol. The molecule has 1 saturated heterocycles. The Morgan fingerprint density at radius 3 is 2.27 bits per heavy atom. The van der Waals surface area contributed by atoms with Gasteiger partial charge in [-0.2, -0.15) is 0 Å². The normalized spacial score (nSPS) is 22.9. The van der Waals surface area contributed by atoms with Crippen LogP contribution >= 0.6 is 0 Å². The largest absolute Gasteiger partial charge is 0.390 e. The maximum Gasteiger partial charge on any atom is 0.147 e. The summed E-state index contributed by atoms with van der Waals surface area (Å²) in [5, 5.41) is 10.2. The van der Waals surface area contributed by atoms with Gasteiger partial charge in [0.25, 0.3) is 0 Å². The van der Waals surface area contributed by atoms with Gasteiger partial charge in [0.2, 0.25) is 0 Å². The quantitative estimate of drug-likeness (QED) is 0.760. The molecule has 0 aromatic rings. The molecule has 1 N–H and O–H groups in total. The molecule has 1 fully saturated rings. The van der Waals surface area contributed by atoms with Crippen molar-refractivity contribution in [2.75, 3.05) is 31.6 Å². The fourth-order valence-electron chi connectivity index (χ4n) is 1.91. The average molecular weight is 235 g/mol. The molecule has 1 aliphatic rings. The molecule has 0 unspecified atom stereocenters. The van der Waals surface area contributed by atoms with Gasteiger partial charge in [-0.3, -0.25) is 0 Å². The van der Waals surface area contributed by atoms with Crippen LogP contribution in [0.1, 0.15) is 26.2 Å². The molecule has 0 radical (unpaired) electrons. The number of piperidine rings is 1. The van der Waals surface area contributed by atoms with E-state index in [2.05, 4.69) is 11.8 Å². The Hall–Kier alpha value is -0.130. The van der Waals surface area contributed by atoms with Crippen LogP contribution in [0, 0.1) is 0 Å². The highest BCUT2D eigenvalue weighted by molar-refractivity contribution is 7.90. The minimum atomic E-state index is -2.95. The van der Waals surface area contributed by atoms with Crippen LogP contribution in [0.4, 0.5) is 0 Å². The number of rotatable bonds is 4. The second kappa shape index (κ2) is 4.80. The standard InChI is InChI=1S/C10H21NO3S/c1-3-11-7-4-10(12,5-8-11)6-9-15(2,13)14/h12H,3-9H2,1-2H3. The summed E-state index contributed by atoms with van der Waals surface area (Å²) in [4.78, 5) is 2.27. The molecule has 0 spiro atoms. The molecule has 0 atom stereocenters. The highest BCUT2D eigenvalue weighted by atomic mass is 32.2. The second-order valence-electron chi connectivity index (χ2n) is 4.54. The Balaban J connectivity index is 2.42. The number of aliphatic hydroxyl groups is 1. The molecule has 1 aliphatic heterocycles. The Morgan fingerprint density at radius 2 is 1.87 bits per heavy atom. The fraction of sp³-hybridized carbons (Fsp3) is 1.00. The first kappa shape index (κ1) is 12.9. The smallest absolute Gasteiger partial charge is 0.147 e. The molecule has 0 aromatic carbocycles. The Kier molecular flexibility index (Phi) is 4.14. The Morgan fingerprint density at radius 1 is 1.33 bits per heavy atom. The van der Waals surface area contributed by atoms with E-state index in [1.165, 1.54) is 6.26 Å². The van der Waals surface area contributed by atoms with Crippen molar-refractivity contribution < 1.29 is 13.5 Å². The van der Waals surface area contributed by atoms with Crippen molar-refractivity contribution in [2.24, 2.45) is 0 Å². The molecule has 15 heavy (non-hydrogen) atoms. The van der Waals surface area contributed by atoms with E-state index in [4.69, 9.17) is 0 Å². The summed E-state index contributed by atoms with van der Waals surface area (Å²) >= 11 is 0. The lowest BCUT2D eigenvalue weighted by Gasteiger charge is -2.37. The second-order valence-corrected chi connectivity index (χ2v) is 6.80. The van der Waals surface area contributed by atoms with Gasteiger partial charge in [0.1, 0.15) is 9.84 Å². The van der Waals surface area contributed by atoms with Crippen LogP contribution in [-0.2, 0) is 9.84 Å². The van der Waals surface area contributed by atoms with Crippen LogP contribution in [0.15, 0.2) is 0 Å². The van der Waals surface area contributed by atoms with E-state index in [1.807, 2.05) is 0 Å². The van der Waals surface area contributed by atoms with Crippen LogP contribution in [0.2, 0.25) is 0 Å². The van der Waals surface area contributed by atoms with E-state index in [-0.39, 0.29) is 5.75 Å². The van der Waals surface area contributed by atoms with E-state index < -0.39 is 15.4 Å². The SMILES string of the molecule is CCN1CCC(O)(CCS(C)(=O)=O)CC1. The van der Waals surface area contributed by atoms with Crippen LogP contribution in [0.5, 0.6) is 0 Å². The number of likely N-dealkylation sites (tertiary alicyclic amines) is 1. The highest BCUT2D eigenvalue weighted by Crippen LogP contribution is 2.25. The number of sulfone groups is 1. The lowest BCUT2D eigenvalue weighted by Crippen LogP contribution is -2.45. The molecule has 0 aliphatic carbocycles. The molecule has 1 rings (SSSR count). The van der Waals surface area contributed by atoms with Crippen LogP contribution in [0.25, 0.3) is 0 Å². The minimum Gasteiger partial charge on any atom is -0.390 e. The van der Waals surface area contributed by atoms with E-state index in [1.54, 1.807) is 0 Å². The number of hydrogen-bond donors (Lipinski definition) is 1. The fourth-order valence-corrected chi connectivity index (χ4v) is 2.66. The summed E-state index contributed by atoms with van der Waals surface area (Å²) < 4.78 is 22.0. The van der Waals surface area contributed by atoms with Gasteiger partial charge in [0, 0.05) is 19.3 Å². The average Bonchev–Trinajstić information content (AvgIpc) is 2.16. The van der Waals surface area contributed by atoms with E-state index >= 15 is 0 Å². The van der Waals surface area contributed by atoms with Gasteiger partial charge in [-0.05, 0) is 25.8 Å². The third kappa shape index (κ3) is 4.49. The first-order chi connectivity index (χ1) is 6.85. The van der Waals surface area contributed by atoms with Crippen molar-refractivity contribution in [3.8, 4) is 0 Å². The van der Waals surface area contributed by atoms with Crippen molar-refractivity contribution in [1.29, 1.82) is 0 Å². The summed E-state index contributed by atoms with van der Waals surface area (Å²) in [5.74, 6) is 0.0929. The van der Waals surface area contributed by atoms with Crippen LogP contribution in [0.3, 0.4) is 0 Å². The molecule has 5 heteroatoms. The first-order valence-corrected chi connectivity index (χ1v) is 7.53. The zero-order valence-electron chi connectivity index (χ0n) is 9.57. The van der Waals surface area contributed by atoms with Crippen molar-refractivity contribution >= 4 is 9.84 Å². The molecular weight excluding hydrogens is 214 g/mol. The van der Waals surface area contributed by atoms with Crippen molar-refractivity contribution in [3.05, 3.63) is 0 Å². The van der Waals surface area contributed by atoms with E-state index in [9.17, 15) is 13.5 Å². The molecule has 1 heterocycles. The topological polar surface area (TPSA) is 57.6 Å². The summed E-state index contributed by atoms with van der Waals surface area (Å²) in [6.45, 7) is 4.84. The molecule has 4 nitrogen and oxygen atoms in total. The van der Waals surface area contributed by atoms with Crippen molar-refractivity contribution in [1.82, 2.24) is 4.90 Å². The van der Waals surface area contributed by atoms with Gasteiger partial charge in [0.15, 0.2) is 0 Å². The minimum absolute atomic E-state index is 0.0929. The van der Waals surface area contributed by atoms with Gasteiger partial charge in [-0.25, -0.2) is 8.42 Å². The maximum absolute atomic E-state index is 11.0. The molecule has 0 aromatic heterocycles. The highest BCUT2D eigenvalue weighted by Gasteiger charge is 2.32. The van der Waals surface area contributed by atoms with E-state index in [0.29, 0.717) is 19.3 Å². The van der Waals surface area contributed by atoms with Crippen molar-refractivity contribution in [2.45, 2.75) is 31.8 Å². The Labute approximate surface area is 92.2 Å². The van der Waals surface area contributed by atoms with Gasteiger partial charge in [0.05, 0.1) is 11.4 Å². The Bertz CT molecular complexity index is 292. The van der Waals surface area contributed by atoms with Gasteiger partial charge >= 0.3 is 0 Å². The van der Waals surface area contributed by atoms with Gasteiger partial charge in [-0.15, -0.1) is 0 Å². The third-order valence-corrected chi connectivity index (χ3v) is 4.12. The molecule has 0 bridgehead atoms. The van der Waals surface area contributed by atoms with E-state index in [0.717, 1.165) is 19.6 Å². The number of nitrogens with zero attached hydrogens (tertiary/aromatic N) is 1. The molecule has 0 saturated carbocycles. The summed E-state index contributed by atoms with van der Waals surface area (Å²) in [6.07, 6.45) is 2.98. The van der Waals surface area contributed by atoms with Gasteiger partial charge in [-0.1, -0.05) is 6.92 Å². The summed E-state index contributed by atoms with van der Waals surface area (Å²) in [5.41, 5.74) is -0.755. The van der Waals surface area contributed by atoms with Crippen LogP contribution < -0.4 is 0 Å². The van der Waals surface area contributed by atoms with Gasteiger partial charge < -0.3 is 10.0 Å². The summed E-state index contributed by atoms with van der Waals surface area (Å²) in [7, 11) is -2.95. The summed E-state index contributed by atoms with van der Waals surface area (Å²) in [6, 6.07) is 0. The first-order valence-electron chi connectivity index (χ1n) is 5.47. The van der Waals surface area contributed by atoms with Crippen LogP contribution in [-0.4, -0.2) is 55.7 Å². The van der Waals surface area contributed by atoms with Crippen molar-refractivity contribution in [3.63, 3.8) is 0 Å².